The molecule has 1 aliphatic rings. The lowest BCUT2D eigenvalue weighted by Gasteiger charge is -2.39. The first-order valence-electron chi connectivity index (χ1n) is 7.09. The van der Waals surface area contributed by atoms with Gasteiger partial charge in [-0.05, 0) is 18.6 Å². The number of nitro groups is 1. The molecule has 1 aromatic rings. The van der Waals surface area contributed by atoms with Crippen molar-refractivity contribution in [1.82, 2.24) is 4.90 Å². The Labute approximate surface area is 135 Å². The molecule has 0 radical (unpaired) electrons. The van der Waals surface area contributed by atoms with Gasteiger partial charge >= 0.3 is 6.18 Å². The van der Waals surface area contributed by atoms with Crippen molar-refractivity contribution in [2.75, 3.05) is 18.8 Å². The van der Waals surface area contributed by atoms with Crippen LogP contribution in [0.4, 0.5) is 24.5 Å². The van der Waals surface area contributed by atoms with E-state index in [1.807, 2.05) is 0 Å². The predicted octanol–water partition coefficient (Wildman–Crippen LogP) is 2.01. The number of hydrogen-bond acceptors (Lipinski definition) is 5. The Hall–Kier alpha value is -2.36. The fourth-order valence-corrected chi connectivity index (χ4v) is 2.64. The van der Waals surface area contributed by atoms with Crippen LogP contribution >= 0.6 is 0 Å². The summed E-state index contributed by atoms with van der Waals surface area (Å²) in [4.78, 5) is 23.8. The monoisotopic (exact) mass is 347 g/mol. The second-order valence-electron chi connectivity index (χ2n) is 5.82. The van der Waals surface area contributed by atoms with Crippen molar-refractivity contribution in [2.45, 2.75) is 31.5 Å². The lowest BCUT2D eigenvalue weighted by Crippen LogP contribution is -2.54. The molecular weight excluding hydrogens is 331 g/mol. The number of halogens is 3. The van der Waals surface area contributed by atoms with Gasteiger partial charge in [0.15, 0.2) is 5.60 Å². The maximum atomic E-state index is 12.8. The highest BCUT2D eigenvalue weighted by Gasteiger charge is 2.55. The van der Waals surface area contributed by atoms with E-state index in [-0.39, 0.29) is 24.3 Å². The second-order valence-corrected chi connectivity index (χ2v) is 5.82. The highest BCUT2D eigenvalue weighted by molar-refractivity contribution is 6.01. The standard InChI is InChI=1S/C14H16F3N3O4/c1-8-6-9(11(18)10(7-8)20(23)24)12(21)19-4-2-13(22,3-5-19)14(15,16)17/h6-7,22H,2-5,18H2,1H3. The second kappa shape index (κ2) is 5.93. The normalized spacial score (nSPS) is 17.6. The smallest absolute Gasteiger partial charge is 0.393 e. The number of nitrogens with two attached hydrogens (primary N) is 1. The quantitative estimate of drug-likeness (QED) is 0.483. The molecule has 0 aliphatic carbocycles. The van der Waals surface area contributed by atoms with Crippen LogP contribution in [-0.4, -0.2) is 45.7 Å². The molecule has 1 fully saturated rings. The molecular formula is C14H16F3N3O4. The highest BCUT2D eigenvalue weighted by Crippen LogP contribution is 2.39. The molecule has 0 spiro atoms. The Kier molecular flexibility index (Phi) is 4.44. The lowest BCUT2D eigenvalue weighted by atomic mass is 9.90. The number of alkyl halides is 3. The Morgan fingerprint density at radius 1 is 1.38 bits per heavy atom. The summed E-state index contributed by atoms with van der Waals surface area (Å²) in [6.45, 7) is 0.897. The minimum Gasteiger partial charge on any atom is -0.393 e. The van der Waals surface area contributed by atoms with Gasteiger partial charge in [-0.15, -0.1) is 0 Å². The predicted molar refractivity (Wildman–Crippen MR) is 78.4 cm³/mol. The molecule has 24 heavy (non-hydrogen) atoms. The van der Waals surface area contributed by atoms with Crippen LogP contribution in [0.15, 0.2) is 12.1 Å². The molecule has 7 nitrogen and oxygen atoms in total. The number of rotatable bonds is 2. The number of anilines is 1. The molecule has 3 N–H and O–H groups in total. The molecule has 132 valence electrons. The third-order valence-electron chi connectivity index (χ3n) is 4.14. The number of benzene rings is 1. The summed E-state index contributed by atoms with van der Waals surface area (Å²) in [5, 5.41) is 20.6. The minimum absolute atomic E-state index is 0.126. The van der Waals surface area contributed by atoms with E-state index in [1.54, 1.807) is 6.92 Å². The molecule has 1 saturated heterocycles. The number of piperidine rings is 1. The number of hydrogen-bond donors (Lipinski definition) is 2. The molecule has 10 heteroatoms. The van der Waals surface area contributed by atoms with Crippen molar-refractivity contribution in [3.05, 3.63) is 33.4 Å². The first-order chi connectivity index (χ1) is 11.0. The number of amides is 1. The van der Waals surface area contributed by atoms with Gasteiger partial charge in [0.05, 0.1) is 10.5 Å². The summed E-state index contributed by atoms with van der Waals surface area (Å²) in [5.41, 5.74) is 2.39. The number of carbonyl (C=O) groups is 1. The van der Waals surface area contributed by atoms with Gasteiger partial charge in [0.2, 0.25) is 0 Å². The zero-order valence-corrected chi connectivity index (χ0v) is 12.8. The highest BCUT2D eigenvalue weighted by atomic mass is 19.4. The van der Waals surface area contributed by atoms with Crippen LogP contribution in [0.5, 0.6) is 0 Å². The van der Waals surface area contributed by atoms with Gasteiger partial charge in [-0.3, -0.25) is 14.9 Å². The molecule has 0 saturated carbocycles. The van der Waals surface area contributed by atoms with Gasteiger partial charge < -0.3 is 15.7 Å². The summed E-state index contributed by atoms with van der Waals surface area (Å²) in [6, 6.07) is 2.57. The lowest BCUT2D eigenvalue weighted by molar-refractivity contribution is -0.384. The number of nitrogen functional groups attached to an aromatic ring is 1. The maximum absolute atomic E-state index is 12.8. The van der Waals surface area contributed by atoms with E-state index in [1.165, 1.54) is 12.1 Å². The van der Waals surface area contributed by atoms with Crippen LogP contribution in [0, 0.1) is 17.0 Å². The molecule has 1 amide bonds. The Balaban J connectivity index is 2.25. The molecule has 0 aromatic heterocycles. The summed E-state index contributed by atoms with van der Waals surface area (Å²) in [7, 11) is 0. The fraction of sp³-hybridized carbons (Fsp3) is 0.500. The van der Waals surface area contributed by atoms with Crippen molar-refractivity contribution in [3.8, 4) is 0 Å². The maximum Gasteiger partial charge on any atom is 0.417 e. The van der Waals surface area contributed by atoms with E-state index in [0.29, 0.717) is 5.56 Å². The summed E-state index contributed by atoms with van der Waals surface area (Å²) >= 11 is 0. The first kappa shape index (κ1) is 18.0. The van der Waals surface area contributed by atoms with Crippen LogP contribution in [0.25, 0.3) is 0 Å². The van der Waals surface area contributed by atoms with Crippen LogP contribution in [0.3, 0.4) is 0 Å². The fourth-order valence-electron chi connectivity index (χ4n) is 2.64. The zero-order chi connectivity index (χ0) is 18.3. The van der Waals surface area contributed by atoms with Gasteiger partial charge in [-0.25, -0.2) is 0 Å². The van der Waals surface area contributed by atoms with Crippen molar-refractivity contribution >= 4 is 17.3 Å². The van der Waals surface area contributed by atoms with Crippen molar-refractivity contribution in [3.63, 3.8) is 0 Å². The summed E-state index contributed by atoms with van der Waals surface area (Å²) in [6.07, 6.45) is -6.09. The number of nitrogens with zero attached hydrogens (tertiary/aromatic N) is 2. The summed E-state index contributed by atoms with van der Waals surface area (Å²) < 4.78 is 38.4. The topological polar surface area (TPSA) is 110 Å². The third-order valence-corrected chi connectivity index (χ3v) is 4.14. The first-order valence-corrected chi connectivity index (χ1v) is 7.09. The van der Waals surface area contributed by atoms with E-state index in [4.69, 9.17) is 5.73 Å². The number of likely N-dealkylation sites (tertiary alicyclic amines) is 1. The number of carbonyl (C=O) groups excluding carboxylic acids is 1. The van der Waals surface area contributed by atoms with E-state index in [2.05, 4.69) is 0 Å². The average Bonchev–Trinajstić information content (AvgIpc) is 2.48. The molecule has 0 unspecified atom stereocenters. The molecule has 1 aliphatic heterocycles. The van der Waals surface area contributed by atoms with Gasteiger partial charge in [-0.2, -0.15) is 13.2 Å². The SMILES string of the molecule is Cc1cc(C(=O)N2CCC(O)(C(F)(F)F)CC2)c(N)c([N+](=O)[O-])c1. The zero-order valence-electron chi connectivity index (χ0n) is 12.8. The van der Waals surface area contributed by atoms with Crippen molar-refractivity contribution in [1.29, 1.82) is 0 Å². The van der Waals surface area contributed by atoms with E-state index in [9.17, 15) is 33.2 Å². The van der Waals surface area contributed by atoms with Crippen LogP contribution < -0.4 is 5.73 Å². The van der Waals surface area contributed by atoms with Crippen LogP contribution in [-0.2, 0) is 0 Å². The number of aryl methyl sites for hydroxylation is 1. The van der Waals surface area contributed by atoms with Gasteiger partial charge in [0.1, 0.15) is 5.69 Å². The number of aliphatic hydroxyl groups is 1. The van der Waals surface area contributed by atoms with E-state index >= 15 is 0 Å². The van der Waals surface area contributed by atoms with Gasteiger partial charge in [-0.1, -0.05) is 0 Å². The van der Waals surface area contributed by atoms with E-state index < -0.39 is 41.1 Å². The largest absolute Gasteiger partial charge is 0.417 e. The molecule has 2 rings (SSSR count). The van der Waals surface area contributed by atoms with E-state index in [0.717, 1.165) is 4.90 Å². The van der Waals surface area contributed by atoms with Crippen LogP contribution in [0.1, 0.15) is 28.8 Å². The number of nitro benzene ring substituents is 1. The van der Waals surface area contributed by atoms with Crippen molar-refractivity contribution < 1.29 is 28.0 Å². The average molecular weight is 347 g/mol. The van der Waals surface area contributed by atoms with Crippen LogP contribution in [0.2, 0.25) is 0 Å². The Morgan fingerprint density at radius 3 is 2.38 bits per heavy atom. The Bertz CT molecular complexity index is 683. The summed E-state index contributed by atoms with van der Waals surface area (Å²) in [5.74, 6) is -0.691. The minimum atomic E-state index is -4.77. The molecule has 0 bridgehead atoms. The third kappa shape index (κ3) is 3.14. The molecule has 0 atom stereocenters. The molecule has 1 aromatic carbocycles. The Morgan fingerprint density at radius 2 is 1.92 bits per heavy atom. The van der Waals surface area contributed by atoms with Gasteiger partial charge in [0.25, 0.3) is 11.6 Å². The van der Waals surface area contributed by atoms with Gasteiger partial charge in [0, 0.05) is 32.0 Å². The molecule has 1 heterocycles. The van der Waals surface area contributed by atoms with Crippen molar-refractivity contribution in [2.24, 2.45) is 0 Å².